The molecule has 0 atom stereocenters. The van der Waals surface area contributed by atoms with Gasteiger partial charge >= 0.3 is 0 Å². The highest BCUT2D eigenvalue weighted by molar-refractivity contribution is 7.89. The van der Waals surface area contributed by atoms with Crippen LogP contribution >= 0.6 is 0 Å². The van der Waals surface area contributed by atoms with Crippen LogP contribution in [0.4, 0.5) is 4.39 Å². The zero-order chi connectivity index (χ0) is 23.8. The number of phenols is 1. The number of aromatic nitrogens is 2. The highest BCUT2D eigenvalue weighted by Crippen LogP contribution is 2.36. The lowest BCUT2D eigenvalue weighted by Crippen LogP contribution is -2.47. The zero-order valence-electron chi connectivity index (χ0n) is 18.6. The molecular formula is C22H25FN4O5S. The van der Waals surface area contributed by atoms with Crippen LogP contribution in [0.25, 0.3) is 22.3 Å². The first kappa shape index (κ1) is 23.1. The minimum Gasteiger partial charge on any atom is -0.507 e. The van der Waals surface area contributed by atoms with Crippen LogP contribution in [0.5, 0.6) is 17.2 Å². The third kappa shape index (κ3) is 4.31. The minimum atomic E-state index is -3.75. The number of benzene rings is 2. The van der Waals surface area contributed by atoms with Crippen molar-refractivity contribution < 1.29 is 27.4 Å². The molecule has 0 radical (unpaired) electrons. The van der Waals surface area contributed by atoms with Gasteiger partial charge in [-0.15, -0.1) is 0 Å². The van der Waals surface area contributed by atoms with E-state index >= 15 is 0 Å². The van der Waals surface area contributed by atoms with Gasteiger partial charge in [0.05, 0.1) is 29.6 Å². The number of fused-ring (bicyclic) bond motifs is 1. The summed E-state index contributed by atoms with van der Waals surface area (Å²) in [6, 6.07) is 5.63. The van der Waals surface area contributed by atoms with E-state index in [0.29, 0.717) is 44.1 Å². The van der Waals surface area contributed by atoms with Gasteiger partial charge in [-0.25, -0.2) is 22.8 Å². The van der Waals surface area contributed by atoms with Crippen molar-refractivity contribution in [2.45, 2.75) is 11.8 Å². The number of hydrogen-bond acceptors (Lipinski definition) is 8. The second-order valence-corrected chi connectivity index (χ2v) is 9.60. The third-order valence-electron chi connectivity index (χ3n) is 5.57. The molecule has 3 aromatic rings. The van der Waals surface area contributed by atoms with E-state index in [1.54, 1.807) is 13.0 Å². The van der Waals surface area contributed by atoms with Crippen molar-refractivity contribution in [2.24, 2.45) is 0 Å². The molecule has 1 aliphatic rings. The van der Waals surface area contributed by atoms with Gasteiger partial charge in [-0.3, -0.25) is 0 Å². The van der Waals surface area contributed by atoms with Crippen LogP contribution in [0.2, 0.25) is 0 Å². The first-order chi connectivity index (χ1) is 15.8. The second-order valence-electron chi connectivity index (χ2n) is 7.67. The maximum absolute atomic E-state index is 14.9. The van der Waals surface area contributed by atoms with Crippen molar-refractivity contribution in [1.82, 2.24) is 19.2 Å². The van der Waals surface area contributed by atoms with Crippen molar-refractivity contribution in [3.63, 3.8) is 0 Å². The average molecular weight is 477 g/mol. The monoisotopic (exact) mass is 476 g/mol. The average Bonchev–Trinajstić information content (AvgIpc) is 2.81. The molecule has 1 aliphatic heterocycles. The molecule has 2 heterocycles. The van der Waals surface area contributed by atoms with Gasteiger partial charge in [-0.1, -0.05) is 0 Å². The Morgan fingerprint density at radius 3 is 2.55 bits per heavy atom. The van der Waals surface area contributed by atoms with E-state index in [0.717, 1.165) is 6.07 Å². The molecule has 1 aromatic heterocycles. The quantitative estimate of drug-likeness (QED) is 0.579. The molecule has 1 fully saturated rings. The number of piperazine rings is 1. The van der Waals surface area contributed by atoms with Crippen LogP contribution in [-0.2, 0) is 10.0 Å². The van der Waals surface area contributed by atoms with E-state index < -0.39 is 15.8 Å². The Bertz CT molecular complexity index is 1290. The highest BCUT2D eigenvalue weighted by atomic mass is 32.2. The Hall–Kier alpha value is -3.02. The molecule has 0 amide bonds. The van der Waals surface area contributed by atoms with Crippen LogP contribution in [-0.4, -0.2) is 79.6 Å². The van der Waals surface area contributed by atoms with Gasteiger partial charge in [0.15, 0.2) is 17.4 Å². The molecule has 4 rings (SSSR count). The van der Waals surface area contributed by atoms with Crippen LogP contribution < -0.4 is 9.47 Å². The fraction of sp³-hybridized carbons (Fsp3) is 0.364. The smallest absolute Gasteiger partial charge is 0.243 e. The largest absolute Gasteiger partial charge is 0.507 e. The first-order valence-corrected chi connectivity index (χ1v) is 11.9. The van der Waals surface area contributed by atoms with Crippen molar-refractivity contribution in [1.29, 1.82) is 0 Å². The van der Waals surface area contributed by atoms with Crippen molar-refractivity contribution in [3.8, 4) is 28.6 Å². The lowest BCUT2D eigenvalue weighted by Gasteiger charge is -2.31. The number of ether oxygens (including phenoxy) is 2. The number of likely N-dealkylation sites (N-methyl/N-ethyl adjacent to an activating group) is 1. The number of aromatic hydroxyl groups is 1. The lowest BCUT2D eigenvalue weighted by atomic mass is 10.1. The van der Waals surface area contributed by atoms with Crippen molar-refractivity contribution in [3.05, 3.63) is 36.3 Å². The molecule has 0 aliphatic carbocycles. The second kappa shape index (κ2) is 9.08. The number of phenolic OH excluding ortho intramolecular Hbond substituents is 1. The van der Waals surface area contributed by atoms with Crippen molar-refractivity contribution in [2.75, 3.05) is 46.9 Å². The summed E-state index contributed by atoms with van der Waals surface area (Å²) in [5, 5.41) is 10.3. The summed E-state index contributed by atoms with van der Waals surface area (Å²) in [6.07, 6.45) is 1.28. The Morgan fingerprint density at radius 1 is 1.15 bits per heavy atom. The molecule has 11 heteroatoms. The summed E-state index contributed by atoms with van der Waals surface area (Å²) in [7, 11) is -0.524. The topological polar surface area (TPSA) is 105 Å². The molecule has 2 aromatic carbocycles. The van der Waals surface area contributed by atoms with Gasteiger partial charge < -0.3 is 19.5 Å². The Kier molecular flexibility index (Phi) is 6.37. The molecule has 1 saturated heterocycles. The summed E-state index contributed by atoms with van der Waals surface area (Å²) >= 11 is 0. The number of halogens is 1. The van der Waals surface area contributed by atoms with E-state index in [2.05, 4.69) is 14.9 Å². The Morgan fingerprint density at radius 2 is 1.88 bits per heavy atom. The van der Waals surface area contributed by atoms with E-state index in [4.69, 9.17) is 9.47 Å². The fourth-order valence-corrected chi connectivity index (χ4v) is 5.15. The molecule has 33 heavy (non-hydrogen) atoms. The van der Waals surface area contributed by atoms with Crippen LogP contribution in [0.15, 0.2) is 35.4 Å². The zero-order valence-corrected chi connectivity index (χ0v) is 19.4. The summed E-state index contributed by atoms with van der Waals surface area (Å²) < 4.78 is 53.5. The lowest BCUT2D eigenvalue weighted by molar-refractivity contribution is 0.222. The van der Waals surface area contributed by atoms with E-state index in [1.165, 1.54) is 29.7 Å². The van der Waals surface area contributed by atoms with Gasteiger partial charge in [-0.2, -0.15) is 4.31 Å². The maximum Gasteiger partial charge on any atom is 0.243 e. The standard InChI is InChI=1S/C22H25FN4O5S/c1-4-32-18-6-5-14(33(29,30)27-9-7-26(2)8-10-27)11-15(18)22-24-13-16-17(28)12-19(31-3)20(23)21(16)25-22/h5-6,11-13,28H,4,7-10H2,1-3H3. The number of sulfonamides is 1. The summed E-state index contributed by atoms with van der Waals surface area (Å²) in [5.74, 6) is -0.727. The van der Waals surface area contributed by atoms with Crippen LogP contribution in [0, 0.1) is 5.82 Å². The number of hydrogen-bond donors (Lipinski definition) is 1. The van der Waals surface area contributed by atoms with Gasteiger partial charge in [0, 0.05) is 38.4 Å². The van der Waals surface area contributed by atoms with E-state index in [1.807, 2.05) is 7.05 Å². The van der Waals surface area contributed by atoms with E-state index in [-0.39, 0.29) is 33.1 Å². The number of methoxy groups -OCH3 is 1. The predicted molar refractivity (Wildman–Crippen MR) is 121 cm³/mol. The molecular weight excluding hydrogens is 451 g/mol. The van der Waals surface area contributed by atoms with Crippen LogP contribution in [0.3, 0.4) is 0 Å². The first-order valence-electron chi connectivity index (χ1n) is 10.4. The normalized spacial score (nSPS) is 15.6. The predicted octanol–water partition coefficient (Wildman–Crippen LogP) is 2.48. The highest BCUT2D eigenvalue weighted by Gasteiger charge is 2.29. The molecule has 0 bridgehead atoms. The molecule has 1 N–H and O–H groups in total. The maximum atomic E-state index is 14.9. The minimum absolute atomic E-state index is 0.0629. The molecule has 0 spiro atoms. The summed E-state index contributed by atoms with van der Waals surface area (Å²) in [5.41, 5.74) is 0.155. The van der Waals surface area contributed by atoms with Crippen LogP contribution in [0.1, 0.15) is 6.92 Å². The fourth-order valence-electron chi connectivity index (χ4n) is 3.70. The third-order valence-corrected chi connectivity index (χ3v) is 7.46. The molecule has 0 unspecified atom stereocenters. The molecule has 9 nitrogen and oxygen atoms in total. The number of rotatable bonds is 6. The molecule has 176 valence electrons. The Labute approximate surface area is 191 Å². The van der Waals surface area contributed by atoms with Gasteiger partial charge in [0.2, 0.25) is 10.0 Å². The SMILES string of the molecule is CCOc1ccc(S(=O)(=O)N2CCN(C)CC2)cc1-c1ncc2c(O)cc(OC)c(F)c2n1. The summed E-state index contributed by atoms with van der Waals surface area (Å²) in [6.45, 7) is 4.18. The van der Waals surface area contributed by atoms with Gasteiger partial charge in [0.1, 0.15) is 17.0 Å². The van der Waals surface area contributed by atoms with E-state index in [9.17, 15) is 17.9 Å². The van der Waals surface area contributed by atoms with Gasteiger partial charge in [0.25, 0.3) is 0 Å². The number of nitrogens with zero attached hydrogens (tertiary/aromatic N) is 4. The molecule has 0 saturated carbocycles. The van der Waals surface area contributed by atoms with Crippen molar-refractivity contribution >= 4 is 20.9 Å². The Balaban J connectivity index is 1.84. The van der Waals surface area contributed by atoms with Gasteiger partial charge in [-0.05, 0) is 32.2 Å². The summed E-state index contributed by atoms with van der Waals surface area (Å²) in [4.78, 5) is 10.7.